The van der Waals surface area contributed by atoms with Gasteiger partial charge >= 0.3 is 5.97 Å². The fourth-order valence-electron chi connectivity index (χ4n) is 1.01. The molecule has 1 heterocycles. The molecule has 0 spiro atoms. The maximum absolute atomic E-state index is 11.1. The average molecular weight is 368 g/mol. The third-order valence-electron chi connectivity index (χ3n) is 1.99. The number of guanidine groups is 1. The summed E-state index contributed by atoms with van der Waals surface area (Å²) in [6.45, 7) is 0.965. The Bertz CT molecular complexity index is 417. The largest absolute Gasteiger partial charge is 0.464 e. The summed E-state index contributed by atoms with van der Waals surface area (Å²) in [4.78, 5) is 16.9. The lowest BCUT2D eigenvalue weighted by molar-refractivity contribution is 0.0594. The summed E-state index contributed by atoms with van der Waals surface area (Å²) in [5.41, 5.74) is 5.79. The van der Waals surface area contributed by atoms with E-state index < -0.39 is 5.97 Å². The van der Waals surface area contributed by atoms with Crippen LogP contribution in [-0.2, 0) is 11.3 Å². The van der Waals surface area contributed by atoms with Gasteiger partial charge in [0.2, 0.25) is 0 Å². The van der Waals surface area contributed by atoms with Gasteiger partial charge in [-0.2, -0.15) is 0 Å². The monoisotopic (exact) mass is 368 g/mol. The molecule has 0 aliphatic rings. The molecule has 0 aliphatic carbocycles. The molecule has 18 heavy (non-hydrogen) atoms. The molecule has 0 saturated carbocycles. The lowest BCUT2D eigenvalue weighted by Crippen LogP contribution is -2.30. The second-order valence-electron chi connectivity index (χ2n) is 3.49. The van der Waals surface area contributed by atoms with Gasteiger partial charge < -0.3 is 15.4 Å². The van der Waals surface area contributed by atoms with Crippen LogP contribution in [0.5, 0.6) is 0 Å². The van der Waals surface area contributed by atoms with Crippen molar-refractivity contribution < 1.29 is 9.53 Å². The first-order valence-corrected chi connectivity index (χ1v) is 5.00. The molecule has 2 N–H and O–H groups in total. The summed E-state index contributed by atoms with van der Waals surface area (Å²) in [6.07, 6.45) is 1.51. The van der Waals surface area contributed by atoms with Crippen molar-refractivity contribution in [1.29, 1.82) is 0 Å². The smallest absolute Gasteiger partial charge is 0.360 e. The van der Waals surface area contributed by atoms with Gasteiger partial charge in [-0.1, -0.05) is 5.21 Å². The molecular formula is C9H17IN6O2. The first-order chi connectivity index (χ1) is 8.04. The van der Waals surface area contributed by atoms with Crippen molar-refractivity contribution in [3.63, 3.8) is 0 Å². The molecule has 0 atom stereocenters. The van der Waals surface area contributed by atoms with E-state index in [2.05, 4.69) is 20.0 Å². The van der Waals surface area contributed by atoms with Crippen LogP contribution in [0.3, 0.4) is 0 Å². The minimum atomic E-state index is -0.507. The van der Waals surface area contributed by atoms with Gasteiger partial charge in [0.1, 0.15) is 0 Å². The van der Waals surface area contributed by atoms with Crippen LogP contribution in [0.1, 0.15) is 10.5 Å². The molecule has 0 unspecified atom stereocenters. The fourth-order valence-corrected chi connectivity index (χ4v) is 1.01. The number of hydrogen-bond donors (Lipinski definition) is 1. The van der Waals surface area contributed by atoms with Crippen molar-refractivity contribution >= 4 is 35.9 Å². The van der Waals surface area contributed by atoms with Crippen LogP contribution in [0.4, 0.5) is 0 Å². The Morgan fingerprint density at radius 3 is 2.83 bits per heavy atom. The van der Waals surface area contributed by atoms with E-state index in [-0.39, 0.29) is 29.7 Å². The Balaban J connectivity index is 0.00000289. The SMILES string of the molecule is COC(=O)c1cn(CCN=C(N)N(C)C)nn1.I. The van der Waals surface area contributed by atoms with Crippen LogP contribution in [-0.4, -0.2) is 59.6 Å². The number of nitrogens with two attached hydrogens (primary N) is 1. The van der Waals surface area contributed by atoms with Crippen molar-refractivity contribution in [2.45, 2.75) is 6.54 Å². The highest BCUT2D eigenvalue weighted by Gasteiger charge is 2.09. The molecule has 1 rings (SSSR count). The standard InChI is InChI=1S/C9H16N6O2.HI/c1-14(2)9(10)11-4-5-15-6-7(12-13-15)8(16)17-3;/h6H,4-5H2,1-3H3,(H2,10,11);1H. The number of ether oxygens (including phenoxy) is 1. The average Bonchev–Trinajstić information content (AvgIpc) is 2.76. The van der Waals surface area contributed by atoms with Crippen LogP contribution in [0.15, 0.2) is 11.2 Å². The molecule has 0 amide bonds. The molecule has 0 aliphatic heterocycles. The predicted octanol–water partition coefficient (Wildman–Crippen LogP) is -0.441. The normalized spacial score (nSPS) is 10.7. The van der Waals surface area contributed by atoms with Crippen molar-refractivity contribution in [2.75, 3.05) is 27.7 Å². The molecule has 8 nitrogen and oxygen atoms in total. The number of esters is 1. The minimum Gasteiger partial charge on any atom is -0.464 e. The summed E-state index contributed by atoms with van der Waals surface area (Å²) in [5.74, 6) is -0.0640. The Labute approximate surface area is 122 Å². The maximum Gasteiger partial charge on any atom is 0.360 e. The zero-order valence-corrected chi connectivity index (χ0v) is 12.9. The number of methoxy groups -OCH3 is 1. The van der Waals surface area contributed by atoms with Gasteiger partial charge in [0, 0.05) is 14.1 Å². The number of hydrogen-bond acceptors (Lipinski definition) is 5. The molecule has 1 aromatic heterocycles. The number of nitrogens with zero attached hydrogens (tertiary/aromatic N) is 5. The van der Waals surface area contributed by atoms with E-state index in [0.29, 0.717) is 19.0 Å². The van der Waals surface area contributed by atoms with Crippen LogP contribution in [0.2, 0.25) is 0 Å². The van der Waals surface area contributed by atoms with Gasteiger partial charge in [0.05, 0.1) is 26.4 Å². The highest BCUT2D eigenvalue weighted by molar-refractivity contribution is 14.0. The van der Waals surface area contributed by atoms with Crippen LogP contribution < -0.4 is 5.73 Å². The molecular weight excluding hydrogens is 351 g/mol. The van der Waals surface area contributed by atoms with Crippen LogP contribution in [0, 0.1) is 0 Å². The number of aliphatic imine (C=N–C) groups is 1. The first kappa shape index (κ1) is 16.6. The van der Waals surface area contributed by atoms with E-state index in [1.165, 1.54) is 18.0 Å². The molecule has 0 saturated heterocycles. The van der Waals surface area contributed by atoms with Crippen molar-refractivity contribution in [3.05, 3.63) is 11.9 Å². The van der Waals surface area contributed by atoms with E-state index >= 15 is 0 Å². The number of carbonyl (C=O) groups excluding carboxylic acids is 1. The molecule has 1 aromatic rings. The first-order valence-electron chi connectivity index (χ1n) is 5.00. The second-order valence-corrected chi connectivity index (χ2v) is 3.49. The van der Waals surface area contributed by atoms with E-state index in [1.54, 1.807) is 4.90 Å². The molecule has 0 radical (unpaired) electrons. The number of halogens is 1. The summed E-state index contributed by atoms with van der Waals surface area (Å²) in [7, 11) is 4.91. The van der Waals surface area contributed by atoms with E-state index in [1.807, 2.05) is 14.1 Å². The summed E-state index contributed by atoms with van der Waals surface area (Å²) in [5, 5.41) is 7.44. The molecule has 102 valence electrons. The van der Waals surface area contributed by atoms with Gasteiger partial charge in [0.25, 0.3) is 0 Å². The minimum absolute atomic E-state index is 0. The highest BCUT2D eigenvalue weighted by atomic mass is 127. The molecule has 0 aromatic carbocycles. The van der Waals surface area contributed by atoms with Crippen LogP contribution >= 0.6 is 24.0 Å². The Hall–Kier alpha value is -1.39. The van der Waals surface area contributed by atoms with Crippen molar-refractivity contribution in [2.24, 2.45) is 10.7 Å². The fraction of sp³-hybridized carbons (Fsp3) is 0.556. The van der Waals surface area contributed by atoms with E-state index in [9.17, 15) is 4.79 Å². The van der Waals surface area contributed by atoms with Crippen LogP contribution in [0.25, 0.3) is 0 Å². The summed E-state index contributed by atoms with van der Waals surface area (Å²) < 4.78 is 6.03. The summed E-state index contributed by atoms with van der Waals surface area (Å²) >= 11 is 0. The quantitative estimate of drug-likeness (QED) is 0.335. The van der Waals surface area contributed by atoms with Crippen molar-refractivity contribution in [1.82, 2.24) is 19.9 Å². The second kappa shape index (κ2) is 7.84. The Morgan fingerprint density at radius 1 is 1.61 bits per heavy atom. The molecule has 0 fully saturated rings. The topological polar surface area (TPSA) is 98.6 Å². The number of aromatic nitrogens is 3. The molecule has 0 bridgehead atoms. The Kier molecular flexibility index (Phi) is 7.24. The third-order valence-corrected chi connectivity index (χ3v) is 1.99. The zero-order valence-electron chi connectivity index (χ0n) is 10.5. The van der Waals surface area contributed by atoms with Gasteiger partial charge in [-0.05, 0) is 0 Å². The third kappa shape index (κ3) is 4.85. The highest BCUT2D eigenvalue weighted by Crippen LogP contribution is 1.95. The maximum atomic E-state index is 11.1. The number of carbonyl (C=O) groups is 1. The van der Waals surface area contributed by atoms with Gasteiger partial charge in [-0.15, -0.1) is 29.1 Å². The lowest BCUT2D eigenvalue weighted by atomic mass is 10.5. The zero-order chi connectivity index (χ0) is 12.8. The van der Waals surface area contributed by atoms with Gasteiger partial charge in [-0.3, -0.25) is 4.99 Å². The lowest BCUT2D eigenvalue weighted by Gasteiger charge is -2.09. The number of rotatable bonds is 4. The van der Waals surface area contributed by atoms with Crippen molar-refractivity contribution in [3.8, 4) is 0 Å². The van der Waals surface area contributed by atoms with Gasteiger partial charge in [0.15, 0.2) is 11.7 Å². The Morgan fingerprint density at radius 2 is 2.28 bits per heavy atom. The van der Waals surface area contributed by atoms with E-state index in [4.69, 9.17) is 5.73 Å². The summed E-state index contributed by atoms with van der Waals surface area (Å²) in [6, 6.07) is 0. The van der Waals surface area contributed by atoms with Gasteiger partial charge in [-0.25, -0.2) is 9.48 Å². The van der Waals surface area contributed by atoms with E-state index in [0.717, 1.165) is 0 Å². The molecule has 9 heteroatoms. The predicted molar refractivity (Wildman–Crippen MR) is 77.0 cm³/mol.